The van der Waals surface area contributed by atoms with Gasteiger partial charge in [0.2, 0.25) is 0 Å². The van der Waals surface area contributed by atoms with E-state index in [1.165, 1.54) is 28.3 Å². The standard InChI is InChI=1S/C16H17BrFN/c1-10-6-12(3)13(7-11(10)2)9-19-16-5-4-14(17)8-15(16)18/h4-8,19H,9H2,1-3H3. The minimum absolute atomic E-state index is 0.240. The predicted octanol–water partition coefficient (Wildman–Crippen LogP) is 5.13. The van der Waals surface area contributed by atoms with Crippen LogP contribution in [-0.2, 0) is 6.54 Å². The van der Waals surface area contributed by atoms with Crippen LogP contribution in [0.2, 0.25) is 0 Å². The average molecular weight is 322 g/mol. The van der Waals surface area contributed by atoms with E-state index in [0.717, 1.165) is 4.47 Å². The van der Waals surface area contributed by atoms with Gasteiger partial charge in [0.15, 0.2) is 0 Å². The van der Waals surface area contributed by atoms with Gasteiger partial charge in [0.1, 0.15) is 5.82 Å². The summed E-state index contributed by atoms with van der Waals surface area (Å²) in [4.78, 5) is 0. The number of hydrogen-bond acceptors (Lipinski definition) is 1. The van der Waals surface area contributed by atoms with Crippen molar-refractivity contribution in [2.75, 3.05) is 5.32 Å². The lowest BCUT2D eigenvalue weighted by Crippen LogP contribution is -2.04. The monoisotopic (exact) mass is 321 g/mol. The summed E-state index contributed by atoms with van der Waals surface area (Å²) in [5.41, 5.74) is 5.51. The first-order valence-corrected chi connectivity index (χ1v) is 7.02. The number of anilines is 1. The second-order valence-electron chi connectivity index (χ2n) is 4.84. The van der Waals surface area contributed by atoms with E-state index < -0.39 is 0 Å². The van der Waals surface area contributed by atoms with Crippen molar-refractivity contribution < 1.29 is 4.39 Å². The van der Waals surface area contributed by atoms with Crippen LogP contribution in [-0.4, -0.2) is 0 Å². The molecule has 0 atom stereocenters. The molecule has 0 unspecified atom stereocenters. The van der Waals surface area contributed by atoms with Gasteiger partial charge in [-0.15, -0.1) is 0 Å². The average Bonchev–Trinajstić information content (AvgIpc) is 2.34. The van der Waals surface area contributed by atoms with Crippen LogP contribution in [0.15, 0.2) is 34.8 Å². The Labute approximate surface area is 122 Å². The van der Waals surface area contributed by atoms with Crippen LogP contribution in [0.25, 0.3) is 0 Å². The Bertz CT molecular complexity index is 608. The Hall–Kier alpha value is -1.35. The number of halogens is 2. The fourth-order valence-electron chi connectivity index (χ4n) is 2.03. The summed E-state index contributed by atoms with van der Waals surface area (Å²) in [6.07, 6.45) is 0. The number of hydrogen-bond donors (Lipinski definition) is 1. The van der Waals surface area contributed by atoms with E-state index in [2.05, 4.69) is 54.2 Å². The van der Waals surface area contributed by atoms with Crippen molar-refractivity contribution in [1.29, 1.82) is 0 Å². The third-order valence-corrected chi connectivity index (χ3v) is 3.85. The van der Waals surface area contributed by atoms with Gasteiger partial charge in [-0.05, 0) is 61.2 Å². The van der Waals surface area contributed by atoms with Gasteiger partial charge in [-0.3, -0.25) is 0 Å². The Kier molecular flexibility index (Phi) is 4.25. The number of benzene rings is 2. The van der Waals surface area contributed by atoms with Crippen LogP contribution < -0.4 is 5.32 Å². The van der Waals surface area contributed by atoms with E-state index in [4.69, 9.17) is 0 Å². The van der Waals surface area contributed by atoms with Gasteiger partial charge in [-0.25, -0.2) is 4.39 Å². The molecule has 0 fully saturated rings. The van der Waals surface area contributed by atoms with Gasteiger partial charge in [-0.1, -0.05) is 28.1 Å². The molecule has 0 aliphatic rings. The summed E-state index contributed by atoms with van der Waals surface area (Å²) in [7, 11) is 0. The van der Waals surface area contributed by atoms with Crippen molar-refractivity contribution >= 4 is 21.6 Å². The molecule has 0 aliphatic heterocycles. The van der Waals surface area contributed by atoms with Crippen molar-refractivity contribution in [2.24, 2.45) is 0 Å². The molecule has 1 nitrogen and oxygen atoms in total. The summed E-state index contributed by atoms with van der Waals surface area (Å²) < 4.78 is 14.5. The molecule has 0 bridgehead atoms. The molecule has 2 aromatic carbocycles. The maximum absolute atomic E-state index is 13.7. The summed E-state index contributed by atoms with van der Waals surface area (Å²) >= 11 is 3.25. The maximum Gasteiger partial charge on any atom is 0.147 e. The molecular formula is C16H17BrFN. The minimum atomic E-state index is -0.240. The topological polar surface area (TPSA) is 12.0 Å². The van der Waals surface area contributed by atoms with Crippen molar-refractivity contribution in [3.63, 3.8) is 0 Å². The molecule has 1 N–H and O–H groups in total. The maximum atomic E-state index is 13.7. The van der Waals surface area contributed by atoms with Crippen molar-refractivity contribution in [3.05, 3.63) is 62.9 Å². The van der Waals surface area contributed by atoms with Crippen LogP contribution in [0.3, 0.4) is 0 Å². The first-order valence-electron chi connectivity index (χ1n) is 6.23. The molecule has 3 heteroatoms. The van der Waals surface area contributed by atoms with Gasteiger partial charge in [0, 0.05) is 11.0 Å². The van der Waals surface area contributed by atoms with E-state index in [1.54, 1.807) is 6.07 Å². The molecule has 0 heterocycles. The summed E-state index contributed by atoms with van der Waals surface area (Å²) in [6.45, 7) is 6.92. The van der Waals surface area contributed by atoms with E-state index >= 15 is 0 Å². The summed E-state index contributed by atoms with van der Waals surface area (Å²) in [6, 6.07) is 9.38. The van der Waals surface area contributed by atoms with Crippen LogP contribution in [0.5, 0.6) is 0 Å². The zero-order valence-electron chi connectivity index (χ0n) is 11.3. The first-order chi connectivity index (χ1) is 8.97. The molecule has 19 heavy (non-hydrogen) atoms. The molecule has 100 valence electrons. The van der Waals surface area contributed by atoms with Crippen LogP contribution in [0.1, 0.15) is 22.3 Å². The van der Waals surface area contributed by atoms with Gasteiger partial charge in [-0.2, -0.15) is 0 Å². The van der Waals surface area contributed by atoms with E-state index in [-0.39, 0.29) is 5.82 Å². The largest absolute Gasteiger partial charge is 0.379 e. The molecule has 2 aromatic rings. The second kappa shape index (κ2) is 5.74. The Morgan fingerprint density at radius 1 is 1.00 bits per heavy atom. The van der Waals surface area contributed by atoms with Gasteiger partial charge in [0.25, 0.3) is 0 Å². The smallest absolute Gasteiger partial charge is 0.147 e. The van der Waals surface area contributed by atoms with E-state index in [9.17, 15) is 4.39 Å². The van der Waals surface area contributed by atoms with Crippen LogP contribution >= 0.6 is 15.9 Å². The zero-order valence-corrected chi connectivity index (χ0v) is 12.9. The van der Waals surface area contributed by atoms with Crippen molar-refractivity contribution in [3.8, 4) is 0 Å². The lowest BCUT2D eigenvalue weighted by Gasteiger charge is -2.12. The highest BCUT2D eigenvalue weighted by Crippen LogP contribution is 2.21. The second-order valence-corrected chi connectivity index (χ2v) is 5.76. The van der Waals surface area contributed by atoms with Gasteiger partial charge >= 0.3 is 0 Å². The minimum Gasteiger partial charge on any atom is -0.379 e. The highest BCUT2D eigenvalue weighted by atomic mass is 79.9. The SMILES string of the molecule is Cc1cc(C)c(CNc2ccc(Br)cc2F)cc1C. The molecule has 2 rings (SSSR count). The molecular weight excluding hydrogens is 305 g/mol. The lowest BCUT2D eigenvalue weighted by molar-refractivity contribution is 0.629. The van der Waals surface area contributed by atoms with E-state index in [0.29, 0.717) is 12.2 Å². The van der Waals surface area contributed by atoms with Crippen LogP contribution in [0.4, 0.5) is 10.1 Å². The summed E-state index contributed by atoms with van der Waals surface area (Å²) in [5, 5.41) is 3.15. The van der Waals surface area contributed by atoms with Crippen LogP contribution in [0, 0.1) is 26.6 Å². The Morgan fingerprint density at radius 2 is 1.68 bits per heavy atom. The normalized spacial score (nSPS) is 10.6. The molecule has 0 aliphatic carbocycles. The number of nitrogens with one attached hydrogen (secondary N) is 1. The third-order valence-electron chi connectivity index (χ3n) is 3.35. The zero-order chi connectivity index (χ0) is 14.0. The number of aryl methyl sites for hydroxylation is 3. The van der Waals surface area contributed by atoms with Gasteiger partial charge < -0.3 is 5.32 Å². The predicted molar refractivity (Wildman–Crippen MR) is 82.1 cm³/mol. The van der Waals surface area contributed by atoms with Crippen molar-refractivity contribution in [2.45, 2.75) is 27.3 Å². The Balaban J connectivity index is 2.16. The number of rotatable bonds is 3. The first kappa shape index (κ1) is 14.1. The van der Waals surface area contributed by atoms with Crippen molar-refractivity contribution in [1.82, 2.24) is 0 Å². The molecule has 0 aromatic heterocycles. The fourth-order valence-corrected chi connectivity index (χ4v) is 2.37. The highest BCUT2D eigenvalue weighted by molar-refractivity contribution is 9.10. The molecule has 0 radical (unpaired) electrons. The Morgan fingerprint density at radius 3 is 2.37 bits per heavy atom. The highest BCUT2D eigenvalue weighted by Gasteiger charge is 2.05. The third kappa shape index (κ3) is 3.35. The molecule has 0 spiro atoms. The molecule has 0 amide bonds. The fraction of sp³-hybridized carbons (Fsp3) is 0.250. The van der Waals surface area contributed by atoms with E-state index in [1.807, 2.05) is 6.07 Å². The lowest BCUT2D eigenvalue weighted by atomic mass is 10.0. The summed E-state index contributed by atoms with van der Waals surface area (Å²) in [5.74, 6) is -0.240. The molecule has 0 saturated carbocycles. The molecule has 0 saturated heterocycles. The van der Waals surface area contributed by atoms with Gasteiger partial charge in [0.05, 0.1) is 5.69 Å². The quantitative estimate of drug-likeness (QED) is 0.826.